The second-order valence-corrected chi connectivity index (χ2v) is 10.3. The molecular formula is C15H17Br2NO3S. The monoisotopic (exact) mass is 449 g/mol. The fraction of sp³-hybridized carbons (Fsp3) is 0.600. The van der Waals surface area contributed by atoms with Crippen LogP contribution in [0.2, 0.25) is 0 Å². The summed E-state index contributed by atoms with van der Waals surface area (Å²) in [7, 11) is -3.49. The van der Waals surface area contributed by atoms with Crippen molar-refractivity contribution in [2.24, 2.45) is 0 Å². The summed E-state index contributed by atoms with van der Waals surface area (Å²) in [5, 5.41) is 0. The summed E-state index contributed by atoms with van der Waals surface area (Å²) in [5.41, 5.74) is 1.06. The highest BCUT2D eigenvalue weighted by Crippen LogP contribution is 2.49. The van der Waals surface area contributed by atoms with Crippen molar-refractivity contribution in [3.63, 3.8) is 0 Å². The van der Waals surface area contributed by atoms with Crippen molar-refractivity contribution in [2.75, 3.05) is 0 Å². The molecule has 120 valence electrons. The van der Waals surface area contributed by atoms with E-state index in [0.717, 1.165) is 18.4 Å². The molecule has 6 atom stereocenters. The Labute approximate surface area is 147 Å². The van der Waals surface area contributed by atoms with E-state index in [4.69, 9.17) is 4.74 Å². The average molecular weight is 451 g/mol. The Balaban J connectivity index is 1.76. The summed E-state index contributed by atoms with van der Waals surface area (Å²) in [6.45, 7) is 1.96. The van der Waals surface area contributed by atoms with E-state index in [1.165, 1.54) is 0 Å². The van der Waals surface area contributed by atoms with Crippen molar-refractivity contribution in [2.45, 2.75) is 58.6 Å². The molecule has 7 heteroatoms. The molecule has 0 aliphatic carbocycles. The number of nitrogens with zero attached hydrogens (tertiary/aromatic N) is 1. The molecule has 1 aromatic rings. The van der Waals surface area contributed by atoms with E-state index in [1.54, 1.807) is 16.4 Å². The van der Waals surface area contributed by atoms with E-state index in [1.807, 2.05) is 19.1 Å². The quantitative estimate of drug-likeness (QED) is 0.651. The predicted molar refractivity (Wildman–Crippen MR) is 91.1 cm³/mol. The van der Waals surface area contributed by atoms with Gasteiger partial charge in [-0.2, -0.15) is 4.31 Å². The normalized spacial score (nSPS) is 41.0. The maximum atomic E-state index is 13.2. The predicted octanol–water partition coefficient (Wildman–Crippen LogP) is 2.82. The van der Waals surface area contributed by atoms with Crippen molar-refractivity contribution >= 4 is 41.9 Å². The molecule has 4 nitrogen and oxygen atoms in total. The average Bonchev–Trinajstić information content (AvgIpc) is 2.46. The second kappa shape index (κ2) is 5.28. The zero-order valence-electron chi connectivity index (χ0n) is 12.0. The van der Waals surface area contributed by atoms with Crippen LogP contribution in [0.25, 0.3) is 0 Å². The molecule has 4 fully saturated rings. The smallest absolute Gasteiger partial charge is 0.243 e. The summed E-state index contributed by atoms with van der Waals surface area (Å²) in [4.78, 5) is 0.520. The Kier molecular flexibility index (Phi) is 3.73. The van der Waals surface area contributed by atoms with E-state index < -0.39 is 10.0 Å². The number of benzene rings is 1. The minimum absolute atomic E-state index is 0.0254. The zero-order valence-corrected chi connectivity index (χ0v) is 16.0. The van der Waals surface area contributed by atoms with Crippen LogP contribution >= 0.6 is 31.9 Å². The molecule has 0 aromatic heterocycles. The van der Waals surface area contributed by atoms with Crippen LogP contribution < -0.4 is 0 Å². The molecule has 0 spiro atoms. The highest BCUT2D eigenvalue weighted by molar-refractivity contribution is 9.09. The van der Waals surface area contributed by atoms with Crippen molar-refractivity contribution in [3.8, 4) is 0 Å². The highest BCUT2D eigenvalue weighted by atomic mass is 79.9. The topological polar surface area (TPSA) is 46.6 Å². The molecule has 4 aliphatic rings. The molecule has 5 rings (SSSR count). The second-order valence-electron chi connectivity index (χ2n) is 6.36. The molecule has 4 saturated heterocycles. The van der Waals surface area contributed by atoms with E-state index in [2.05, 4.69) is 31.9 Å². The van der Waals surface area contributed by atoms with Crippen molar-refractivity contribution in [1.29, 1.82) is 0 Å². The van der Waals surface area contributed by atoms with Gasteiger partial charge in [0, 0.05) is 12.1 Å². The van der Waals surface area contributed by atoms with Gasteiger partial charge in [-0.05, 0) is 31.9 Å². The highest BCUT2D eigenvalue weighted by Gasteiger charge is 2.60. The zero-order chi connectivity index (χ0) is 15.6. The molecule has 4 heterocycles. The fourth-order valence-corrected chi connectivity index (χ4v) is 7.71. The Morgan fingerprint density at radius 1 is 1.05 bits per heavy atom. The third-order valence-electron chi connectivity index (χ3n) is 4.99. The van der Waals surface area contributed by atoms with E-state index in [9.17, 15) is 8.42 Å². The molecule has 0 unspecified atom stereocenters. The molecule has 0 N–H and O–H groups in total. The number of halogens is 2. The van der Waals surface area contributed by atoms with E-state index in [0.29, 0.717) is 4.90 Å². The number of hydrogen-bond donors (Lipinski definition) is 0. The van der Waals surface area contributed by atoms with Gasteiger partial charge >= 0.3 is 0 Å². The first kappa shape index (κ1) is 15.6. The first-order valence-corrected chi connectivity index (χ1v) is 10.7. The van der Waals surface area contributed by atoms with E-state index in [-0.39, 0.29) is 33.9 Å². The molecule has 22 heavy (non-hydrogen) atoms. The lowest BCUT2D eigenvalue weighted by molar-refractivity contribution is -0.148. The van der Waals surface area contributed by atoms with Gasteiger partial charge in [-0.1, -0.05) is 49.6 Å². The lowest BCUT2D eigenvalue weighted by Gasteiger charge is -2.59. The Hall–Kier alpha value is 0.0500. The first-order valence-electron chi connectivity index (χ1n) is 7.43. The van der Waals surface area contributed by atoms with Gasteiger partial charge in [-0.15, -0.1) is 0 Å². The summed E-state index contributed by atoms with van der Waals surface area (Å²) in [5.74, 6) is 0. The number of rotatable bonds is 2. The molecule has 0 amide bonds. The molecule has 0 radical (unpaired) electrons. The number of piperidine rings is 2. The van der Waals surface area contributed by atoms with Crippen LogP contribution in [0.1, 0.15) is 18.4 Å². The number of hydrogen-bond acceptors (Lipinski definition) is 3. The van der Waals surface area contributed by atoms with Gasteiger partial charge in [0.2, 0.25) is 10.0 Å². The molecule has 1 aromatic carbocycles. The maximum Gasteiger partial charge on any atom is 0.243 e. The summed E-state index contributed by atoms with van der Waals surface area (Å²) >= 11 is 7.34. The van der Waals surface area contributed by atoms with Crippen LogP contribution in [-0.4, -0.2) is 46.7 Å². The molecule has 4 aliphatic heterocycles. The number of alkyl halides is 2. The Bertz CT molecular complexity index is 671. The lowest BCUT2D eigenvalue weighted by Crippen LogP contribution is -2.72. The number of ether oxygens (including phenoxy) is 1. The van der Waals surface area contributed by atoms with Gasteiger partial charge in [-0.3, -0.25) is 0 Å². The lowest BCUT2D eigenvalue weighted by atomic mass is 9.80. The summed E-state index contributed by atoms with van der Waals surface area (Å²) in [6.07, 6.45) is 1.72. The van der Waals surface area contributed by atoms with Gasteiger partial charge in [0.1, 0.15) is 0 Å². The largest absolute Gasteiger partial charge is 0.372 e. The maximum absolute atomic E-state index is 13.2. The minimum atomic E-state index is -3.49. The molecule has 0 saturated carbocycles. The number of aryl methyl sites for hydroxylation is 1. The van der Waals surface area contributed by atoms with Crippen molar-refractivity contribution in [1.82, 2.24) is 4.31 Å². The van der Waals surface area contributed by atoms with Crippen LogP contribution in [0, 0.1) is 6.92 Å². The third kappa shape index (κ3) is 2.16. The van der Waals surface area contributed by atoms with Crippen LogP contribution in [0.5, 0.6) is 0 Å². The Morgan fingerprint density at radius 2 is 1.55 bits per heavy atom. The van der Waals surface area contributed by atoms with Gasteiger partial charge in [0.25, 0.3) is 0 Å². The summed E-state index contributed by atoms with van der Waals surface area (Å²) < 4.78 is 34.1. The van der Waals surface area contributed by atoms with Crippen LogP contribution in [0.4, 0.5) is 0 Å². The molecule has 4 bridgehead atoms. The Morgan fingerprint density at radius 3 is 2.05 bits per heavy atom. The summed E-state index contributed by atoms with van der Waals surface area (Å²) in [6, 6.07) is 7.07. The van der Waals surface area contributed by atoms with Crippen LogP contribution in [-0.2, 0) is 14.8 Å². The molecular weight excluding hydrogens is 434 g/mol. The van der Waals surface area contributed by atoms with Crippen LogP contribution in [0.3, 0.4) is 0 Å². The van der Waals surface area contributed by atoms with Gasteiger partial charge in [0.15, 0.2) is 0 Å². The SMILES string of the molecule is Cc1ccc(S(=O)(=O)N2[C@H]3C[C@@H]4O[C@@H](C[C@H]2[C@H]4Br)[C@@H]3Br)cc1. The van der Waals surface area contributed by atoms with Crippen LogP contribution in [0.15, 0.2) is 29.2 Å². The van der Waals surface area contributed by atoms with Crippen molar-refractivity contribution < 1.29 is 13.2 Å². The minimum Gasteiger partial charge on any atom is -0.372 e. The fourth-order valence-electron chi connectivity index (χ4n) is 3.90. The first-order chi connectivity index (χ1) is 10.4. The van der Waals surface area contributed by atoms with Gasteiger partial charge in [0.05, 0.1) is 26.8 Å². The third-order valence-corrected chi connectivity index (χ3v) is 9.36. The number of sulfonamides is 1. The van der Waals surface area contributed by atoms with Gasteiger partial charge < -0.3 is 4.74 Å². The standard InChI is InChI=1S/C15H17Br2NO3S/c1-8-2-4-9(5-3-8)22(19,20)18-10-6-12-15(17)11(18)7-13(21-12)14(10)16/h2-5,10-15H,6-7H2,1H3/t10-,11-,12-,13-,14+,15+/m0/s1. The van der Waals surface area contributed by atoms with Crippen molar-refractivity contribution in [3.05, 3.63) is 29.8 Å². The van der Waals surface area contributed by atoms with Gasteiger partial charge in [-0.25, -0.2) is 8.42 Å². The van der Waals surface area contributed by atoms with E-state index >= 15 is 0 Å².